The fraction of sp³-hybridized carbons (Fsp3) is 0.667. The van der Waals surface area contributed by atoms with Crippen LogP contribution in [0.1, 0.15) is 43.2 Å². The Bertz CT molecular complexity index is 1020. The van der Waals surface area contributed by atoms with Crippen molar-refractivity contribution in [1.29, 1.82) is 0 Å². The Labute approximate surface area is 239 Å². The van der Waals surface area contributed by atoms with Gasteiger partial charge in [-0.25, -0.2) is 0 Å². The fourth-order valence-electron chi connectivity index (χ4n) is 6.18. The Balaban J connectivity index is 1.05. The molecule has 0 aliphatic carbocycles. The molecule has 0 saturated carbocycles. The van der Waals surface area contributed by atoms with E-state index in [9.17, 15) is 0 Å². The van der Waals surface area contributed by atoms with Gasteiger partial charge in [0.2, 0.25) is 5.95 Å². The van der Waals surface area contributed by atoms with Gasteiger partial charge in [0.05, 0.1) is 19.8 Å². The molecule has 4 N–H and O–H groups in total. The van der Waals surface area contributed by atoms with Crippen molar-refractivity contribution in [2.24, 2.45) is 0 Å². The third-order valence-electron chi connectivity index (χ3n) is 8.56. The van der Waals surface area contributed by atoms with E-state index in [1.807, 2.05) is 6.07 Å². The van der Waals surface area contributed by atoms with Gasteiger partial charge in [0.25, 0.3) is 0 Å². The Kier molecular flexibility index (Phi) is 10.8. The number of aromatic nitrogens is 2. The minimum absolute atomic E-state index is 0.0722. The van der Waals surface area contributed by atoms with Crippen LogP contribution in [0, 0.1) is 0 Å². The van der Waals surface area contributed by atoms with Gasteiger partial charge in [0.1, 0.15) is 11.6 Å². The molecular formula is C30H48N8O2. The predicted octanol–water partition coefficient (Wildman–Crippen LogP) is 2.25. The van der Waals surface area contributed by atoms with E-state index < -0.39 is 0 Å². The molecule has 40 heavy (non-hydrogen) atoms. The van der Waals surface area contributed by atoms with Gasteiger partial charge in [0.15, 0.2) is 0 Å². The molecule has 0 unspecified atom stereocenters. The third-order valence-corrected chi connectivity index (χ3v) is 8.56. The number of hydrogen-bond acceptors (Lipinski definition) is 10. The van der Waals surface area contributed by atoms with E-state index in [4.69, 9.17) is 20.6 Å². The monoisotopic (exact) mass is 552 g/mol. The van der Waals surface area contributed by atoms with E-state index in [-0.39, 0.29) is 6.61 Å². The lowest BCUT2D eigenvalue weighted by Crippen LogP contribution is -2.47. The number of nitrogens with zero attached hydrogens (tertiary/aromatic N) is 6. The summed E-state index contributed by atoms with van der Waals surface area (Å²) in [5, 5.41) is 12.2. The standard InChI is InChI=1S/C30H48N8O2/c31-28-22-29(38-16-14-35(15-17-38)18-20-40-21-19-39)34-30(33-28)32-23-25-4-6-26(7-5-25)24-36-12-8-27(9-13-36)37-10-2-1-3-11-37/h4-7,22,27,39H,1-3,8-21,23-24H2,(H3,31,32,33,34). The summed E-state index contributed by atoms with van der Waals surface area (Å²) in [4.78, 5) is 19.2. The number of piperidine rings is 2. The van der Waals surface area contributed by atoms with Gasteiger partial charge in [-0.15, -0.1) is 0 Å². The number of ether oxygens (including phenoxy) is 1. The molecule has 4 heterocycles. The number of piperazine rings is 1. The molecule has 10 heteroatoms. The first kappa shape index (κ1) is 29.0. The molecule has 220 valence electrons. The number of nitrogens with two attached hydrogens (primary N) is 1. The first-order valence-corrected chi connectivity index (χ1v) is 15.2. The van der Waals surface area contributed by atoms with Gasteiger partial charge in [0, 0.05) is 57.9 Å². The fourth-order valence-corrected chi connectivity index (χ4v) is 6.18. The smallest absolute Gasteiger partial charge is 0.226 e. The first-order valence-electron chi connectivity index (χ1n) is 15.2. The summed E-state index contributed by atoms with van der Waals surface area (Å²) in [5.41, 5.74) is 8.73. The van der Waals surface area contributed by atoms with Crippen LogP contribution in [-0.2, 0) is 17.8 Å². The Morgan fingerprint density at radius 3 is 2.30 bits per heavy atom. The van der Waals surface area contributed by atoms with E-state index >= 15 is 0 Å². The lowest BCUT2D eigenvalue weighted by molar-refractivity contribution is 0.0724. The summed E-state index contributed by atoms with van der Waals surface area (Å²) in [6.07, 6.45) is 6.79. The predicted molar refractivity (Wildman–Crippen MR) is 160 cm³/mol. The number of rotatable bonds is 12. The second-order valence-corrected chi connectivity index (χ2v) is 11.4. The van der Waals surface area contributed by atoms with E-state index in [1.54, 1.807) is 0 Å². The quantitative estimate of drug-likeness (QED) is 0.340. The number of aliphatic hydroxyl groups is 1. The summed E-state index contributed by atoms with van der Waals surface area (Å²) < 4.78 is 5.40. The SMILES string of the molecule is Nc1cc(N2CCN(CCOCCO)CC2)nc(NCc2ccc(CN3CCC(N4CCCCC4)CC3)cc2)n1. The minimum Gasteiger partial charge on any atom is -0.394 e. The zero-order valence-electron chi connectivity index (χ0n) is 24.0. The molecule has 0 bridgehead atoms. The molecule has 2 aromatic rings. The zero-order valence-corrected chi connectivity index (χ0v) is 24.0. The molecule has 10 nitrogen and oxygen atoms in total. The molecule has 3 saturated heterocycles. The van der Waals surface area contributed by atoms with Gasteiger partial charge in [-0.2, -0.15) is 9.97 Å². The van der Waals surface area contributed by atoms with Crippen molar-refractivity contribution in [2.75, 3.05) is 94.7 Å². The number of hydrogen-bond donors (Lipinski definition) is 3. The number of benzene rings is 1. The zero-order chi connectivity index (χ0) is 27.6. The summed E-state index contributed by atoms with van der Waals surface area (Å²) >= 11 is 0. The summed E-state index contributed by atoms with van der Waals surface area (Å²) in [7, 11) is 0. The molecular weight excluding hydrogens is 504 g/mol. The summed E-state index contributed by atoms with van der Waals surface area (Å²) in [5.74, 6) is 1.91. The molecule has 0 spiro atoms. The van der Waals surface area contributed by atoms with E-state index in [0.29, 0.717) is 31.5 Å². The molecule has 0 radical (unpaired) electrons. The number of aliphatic hydroxyl groups excluding tert-OH is 1. The molecule has 0 atom stereocenters. The van der Waals surface area contributed by atoms with Crippen molar-refractivity contribution < 1.29 is 9.84 Å². The van der Waals surface area contributed by atoms with Crippen molar-refractivity contribution in [3.8, 4) is 0 Å². The lowest BCUT2D eigenvalue weighted by Gasteiger charge is -2.40. The van der Waals surface area contributed by atoms with Crippen LogP contribution in [0.25, 0.3) is 0 Å². The van der Waals surface area contributed by atoms with Crippen LogP contribution >= 0.6 is 0 Å². The highest BCUT2D eigenvalue weighted by molar-refractivity contribution is 5.52. The van der Waals surface area contributed by atoms with Gasteiger partial charge < -0.3 is 30.7 Å². The second kappa shape index (κ2) is 14.9. The van der Waals surface area contributed by atoms with Crippen molar-refractivity contribution >= 4 is 17.6 Å². The van der Waals surface area contributed by atoms with Crippen LogP contribution in [0.15, 0.2) is 30.3 Å². The van der Waals surface area contributed by atoms with Crippen molar-refractivity contribution in [3.05, 3.63) is 41.5 Å². The molecule has 3 fully saturated rings. The van der Waals surface area contributed by atoms with Gasteiger partial charge in [-0.1, -0.05) is 30.7 Å². The largest absolute Gasteiger partial charge is 0.394 e. The van der Waals surface area contributed by atoms with Crippen molar-refractivity contribution in [1.82, 2.24) is 24.7 Å². The Morgan fingerprint density at radius 1 is 0.850 bits per heavy atom. The van der Waals surface area contributed by atoms with Gasteiger partial charge in [-0.05, 0) is 63.0 Å². The molecule has 3 aliphatic heterocycles. The maximum Gasteiger partial charge on any atom is 0.226 e. The Hall–Kier alpha value is -2.50. The van der Waals surface area contributed by atoms with Crippen LogP contribution in [0.4, 0.5) is 17.6 Å². The van der Waals surface area contributed by atoms with E-state index in [1.165, 1.54) is 69.4 Å². The van der Waals surface area contributed by atoms with Crippen LogP contribution in [-0.4, -0.2) is 115 Å². The van der Waals surface area contributed by atoms with Crippen LogP contribution in [0.5, 0.6) is 0 Å². The highest BCUT2D eigenvalue weighted by Crippen LogP contribution is 2.22. The normalized spacial score (nSPS) is 20.2. The van der Waals surface area contributed by atoms with Gasteiger partial charge in [-0.3, -0.25) is 9.80 Å². The van der Waals surface area contributed by atoms with Crippen molar-refractivity contribution in [2.45, 2.75) is 51.2 Å². The van der Waals surface area contributed by atoms with E-state index in [2.05, 4.69) is 54.2 Å². The van der Waals surface area contributed by atoms with Crippen LogP contribution in [0.3, 0.4) is 0 Å². The maximum absolute atomic E-state index is 8.84. The maximum atomic E-state index is 8.84. The summed E-state index contributed by atoms with van der Waals surface area (Å²) in [6.45, 7) is 12.4. The summed E-state index contributed by atoms with van der Waals surface area (Å²) in [6, 6.07) is 11.6. The third kappa shape index (κ3) is 8.50. The van der Waals surface area contributed by atoms with Crippen molar-refractivity contribution in [3.63, 3.8) is 0 Å². The molecule has 3 aliphatic rings. The van der Waals surface area contributed by atoms with Crippen LogP contribution in [0.2, 0.25) is 0 Å². The average molecular weight is 553 g/mol. The lowest BCUT2D eigenvalue weighted by atomic mass is 9.99. The molecule has 5 rings (SSSR count). The van der Waals surface area contributed by atoms with Crippen LogP contribution < -0.4 is 16.0 Å². The number of likely N-dealkylation sites (tertiary alicyclic amines) is 2. The second-order valence-electron chi connectivity index (χ2n) is 11.4. The first-order chi connectivity index (χ1) is 19.7. The number of nitrogens with one attached hydrogen (secondary N) is 1. The highest BCUT2D eigenvalue weighted by Gasteiger charge is 2.25. The Morgan fingerprint density at radius 2 is 1.57 bits per heavy atom. The molecule has 1 aromatic carbocycles. The number of nitrogen functional groups attached to an aromatic ring is 1. The minimum atomic E-state index is 0.0722. The average Bonchev–Trinajstić information content (AvgIpc) is 3.00. The van der Waals surface area contributed by atoms with E-state index in [0.717, 1.165) is 51.1 Å². The van der Waals surface area contributed by atoms with Gasteiger partial charge >= 0.3 is 0 Å². The topological polar surface area (TPSA) is 106 Å². The molecule has 1 aromatic heterocycles. The highest BCUT2D eigenvalue weighted by atomic mass is 16.5. The number of anilines is 3. The molecule has 0 amide bonds.